The first-order chi connectivity index (χ1) is 31.9. The lowest BCUT2D eigenvalue weighted by Gasteiger charge is -2.50. The van der Waals surface area contributed by atoms with Crippen molar-refractivity contribution >= 4 is 24.1 Å². The van der Waals surface area contributed by atoms with Gasteiger partial charge in [-0.15, -0.1) is 0 Å². The molecule has 0 bridgehead atoms. The van der Waals surface area contributed by atoms with E-state index in [-0.39, 0.29) is 37.2 Å². The first-order valence-electron chi connectivity index (χ1n) is 24.0. The van der Waals surface area contributed by atoms with Crippen LogP contribution in [0.15, 0.2) is 40.0 Å². The molecule has 5 heterocycles. The van der Waals surface area contributed by atoms with E-state index in [0.29, 0.717) is 23.4 Å². The molecule has 0 saturated carbocycles. The van der Waals surface area contributed by atoms with Crippen molar-refractivity contribution in [3.05, 3.63) is 41.6 Å². The lowest BCUT2D eigenvalue weighted by Crippen LogP contribution is -2.61. The number of esters is 1. The SMILES string of the molecule is CC[C@H]1OC(=O)[C@H](C)C(OC2CC(C)(OC)C(O)C(C)O2)[C@H](C)[C@@H](OC2OC(C)CC(N(C)C)C2O)[C@](C)(OC)C[C@@H](C)C(=O)[C@H](C)[C@H]2N(/N=C/c3c(C)noc3-c3ccccc3)C(=O)O[C@]12C. The minimum atomic E-state index is -1.59. The molecular weight excluding hydrogens is 881 g/mol. The van der Waals surface area contributed by atoms with Crippen LogP contribution in [0.25, 0.3) is 11.3 Å². The normalized spacial score (nSPS) is 41.1. The van der Waals surface area contributed by atoms with Gasteiger partial charge in [0.2, 0.25) is 0 Å². The second kappa shape index (κ2) is 21.2. The predicted octanol–water partition coefficient (Wildman–Crippen LogP) is 5.90. The van der Waals surface area contributed by atoms with Gasteiger partial charge in [-0.25, -0.2) is 4.79 Å². The van der Waals surface area contributed by atoms with E-state index in [0.717, 1.165) is 10.6 Å². The van der Waals surface area contributed by atoms with Crippen LogP contribution < -0.4 is 0 Å². The number of aliphatic hydroxyl groups excluding tert-OH is 2. The van der Waals surface area contributed by atoms with Crippen LogP contribution in [0.1, 0.15) is 106 Å². The number of fused-ring (bicyclic) bond motifs is 1. The third-order valence-corrected chi connectivity index (χ3v) is 15.3. The summed E-state index contributed by atoms with van der Waals surface area (Å²) >= 11 is 0. The van der Waals surface area contributed by atoms with E-state index in [4.69, 9.17) is 47.5 Å². The molecule has 68 heavy (non-hydrogen) atoms. The topological polar surface area (TPSA) is 210 Å². The molecule has 18 heteroatoms. The van der Waals surface area contributed by atoms with Crippen molar-refractivity contribution in [3.63, 3.8) is 0 Å². The number of aliphatic hydroxyl groups is 2. The highest BCUT2D eigenvalue weighted by molar-refractivity contribution is 5.90. The van der Waals surface area contributed by atoms with Crippen LogP contribution in [-0.2, 0) is 47.5 Å². The quantitative estimate of drug-likeness (QED) is 0.198. The highest BCUT2D eigenvalue weighted by Crippen LogP contribution is 2.45. The number of hydrogen-bond donors (Lipinski definition) is 2. The number of amides is 1. The fourth-order valence-corrected chi connectivity index (χ4v) is 11.1. The van der Waals surface area contributed by atoms with Crippen molar-refractivity contribution in [2.24, 2.45) is 28.8 Å². The number of hydrogen-bond acceptors (Lipinski definition) is 17. The number of likely N-dealkylation sites (N-methyl/N-ethyl adjacent to an activating group) is 1. The van der Waals surface area contributed by atoms with Gasteiger partial charge in [0.25, 0.3) is 0 Å². The van der Waals surface area contributed by atoms with Gasteiger partial charge in [-0.1, -0.05) is 63.2 Å². The molecule has 0 aliphatic carbocycles. The van der Waals surface area contributed by atoms with Gasteiger partial charge in [0, 0.05) is 50.0 Å². The Balaban J connectivity index is 1.47. The van der Waals surface area contributed by atoms with Crippen LogP contribution in [0.5, 0.6) is 0 Å². The molecule has 1 amide bonds. The summed E-state index contributed by atoms with van der Waals surface area (Å²) in [5.74, 6) is -3.95. The summed E-state index contributed by atoms with van der Waals surface area (Å²) in [4.78, 5) is 46.3. The number of carbonyl (C=O) groups excluding carboxylic acids is 3. The number of hydrazone groups is 1. The third kappa shape index (κ3) is 10.4. The standard InChI is InChI=1S/C50H76N4O14/c1-16-36-50(11)42(54(47(59)67-50)51-25-34-31(7)52-68-41(34)33-20-18-17-19-21-33)28(4)38(55)26(2)23-49(10,61-15)44(66-46-39(56)35(53(12)13)22-27(3)62-46)29(5)40(30(6)45(58)64-36)65-37-24-48(9,60-14)43(57)32(8)63-37/h17-21,25-30,32,35-37,39-40,42-44,46,56-57H,16,22-24H2,1-15H3/b51-25+/t26-,27?,28+,29+,30-,32?,35?,36-,37?,39?,40?,42-,43?,44-,46?,48?,49-,50-/m1/s1. The molecular formula is C50H76N4O14. The number of cyclic esters (lactones) is 1. The fourth-order valence-electron chi connectivity index (χ4n) is 11.1. The van der Waals surface area contributed by atoms with Gasteiger partial charge in [-0.05, 0) is 81.8 Å². The van der Waals surface area contributed by atoms with E-state index >= 15 is 4.79 Å². The minimum absolute atomic E-state index is 0.0899. The van der Waals surface area contributed by atoms with E-state index in [2.05, 4.69) is 5.16 Å². The zero-order valence-corrected chi connectivity index (χ0v) is 42.5. The Bertz CT molecular complexity index is 2090. The summed E-state index contributed by atoms with van der Waals surface area (Å²) < 4.78 is 57.2. The zero-order chi connectivity index (χ0) is 50.2. The van der Waals surface area contributed by atoms with Crippen LogP contribution in [0.3, 0.4) is 0 Å². The van der Waals surface area contributed by atoms with Crippen LogP contribution in [0.2, 0.25) is 0 Å². The molecule has 18 nitrogen and oxygen atoms in total. The molecule has 4 fully saturated rings. The first-order valence-corrected chi connectivity index (χ1v) is 24.0. The van der Waals surface area contributed by atoms with E-state index < -0.39 is 108 Å². The molecule has 0 spiro atoms. The van der Waals surface area contributed by atoms with E-state index in [9.17, 15) is 19.8 Å². The molecule has 380 valence electrons. The number of carbonyl (C=O) groups is 3. The second-order valence-electron chi connectivity index (χ2n) is 20.4. The Morgan fingerprint density at radius 2 is 1.59 bits per heavy atom. The van der Waals surface area contributed by atoms with E-state index in [1.54, 1.807) is 48.5 Å². The Morgan fingerprint density at radius 3 is 2.21 bits per heavy atom. The molecule has 4 saturated heterocycles. The summed E-state index contributed by atoms with van der Waals surface area (Å²) in [6, 6.07) is 7.97. The molecule has 4 aliphatic rings. The molecule has 18 atom stereocenters. The molecule has 2 N–H and O–H groups in total. The van der Waals surface area contributed by atoms with Gasteiger partial charge < -0.3 is 57.5 Å². The van der Waals surface area contributed by atoms with Gasteiger partial charge in [0.1, 0.15) is 30.1 Å². The Morgan fingerprint density at radius 1 is 0.926 bits per heavy atom. The van der Waals surface area contributed by atoms with Crippen molar-refractivity contribution in [1.82, 2.24) is 15.1 Å². The van der Waals surface area contributed by atoms with Crippen molar-refractivity contribution < 1.29 is 67.0 Å². The molecule has 6 rings (SSSR count). The molecule has 2 aromatic rings. The number of ether oxygens (including phenoxy) is 8. The highest BCUT2D eigenvalue weighted by Gasteiger charge is 2.61. The van der Waals surface area contributed by atoms with E-state index in [1.165, 1.54) is 20.4 Å². The summed E-state index contributed by atoms with van der Waals surface area (Å²) in [5, 5.41) is 33.0. The number of nitrogens with zero attached hydrogens (tertiary/aromatic N) is 4. The third-order valence-electron chi connectivity index (χ3n) is 15.3. The lowest BCUT2D eigenvalue weighted by molar-refractivity contribution is -0.319. The molecule has 4 aliphatic heterocycles. The van der Waals surface area contributed by atoms with Crippen molar-refractivity contribution in [1.29, 1.82) is 0 Å². The number of aryl methyl sites for hydroxylation is 1. The summed E-state index contributed by atoms with van der Waals surface area (Å²) in [5.41, 5.74) is -2.17. The van der Waals surface area contributed by atoms with Gasteiger partial charge in [-0.2, -0.15) is 10.1 Å². The zero-order valence-electron chi connectivity index (χ0n) is 42.5. The summed E-state index contributed by atoms with van der Waals surface area (Å²) in [6.45, 7) is 19.6. The maximum atomic E-state index is 15.1. The monoisotopic (exact) mass is 957 g/mol. The maximum absolute atomic E-state index is 15.1. The molecule has 9 unspecified atom stereocenters. The average molecular weight is 957 g/mol. The number of methoxy groups -OCH3 is 2. The highest BCUT2D eigenvalue weighted by atomic mass is 16.7. The number of benzene rings is 1. The Kier molecular flexibility index (Phi) is 16.7. The van der Waals surface area contributed by atoms with Crippen molar-refractivity contribution in [3.8, 4) is 11.3 Å². The van der Waals surface area contributed by atoms with Gasteiger partial charge in [-0.3, -0.25) is 9.59 Å². The molecule has 1 aromatic heterocycles. The molecule has 0 radical (unpaired) electrons. The summed E-state index contributed by atoms with van der Waals surface area (Å²) in [6.07, 6.45) is -6.76. The van der Waals surface area contributed by atoms with Gasteiger partial charge >= 0.3 is 12.1 Å². The van der Waals surface area contributed by atoms with Crippen LogP contribution in [0.4, 0.5) is 4.79 Å². The Hall–Kier alpha value is -3.85. The van der Waals surface area contributed by atoms with Crippen LogP contribution in [-0.4, -0.2) is 162 Å². The van der Waals surface area contributed by atoms with Crippen LogP contribution >= 0.6 is 0 Å². The first kappa shape index (κ1) is 53.5. The van der Waals surface area contributed by atoms with E-state index in [1.807, 2.05) is 77.0 Å². The maximum Gasteiger partial charge on any atom is 0.431 e. The second-order valence-corrected chi connectivity index (χ2v) is 20.4. The number of Topliss-reactive ketones (excluding diaryl/α,β-unsaturated/α-hetero) is 1. The van der Waals surface area contributed by atoms with Crippen LogP contribution in [0, 0.1) is 30.6 Å². The smallest absolute Gasteiger partial charge is 0.431 e. The average Bonchev–Trinajstić information content (AvgIpc) is 3.80. The lowest BCUT2D eigenvalue weighted by atomic mass is 9.73. The van der Waals surface area contributed by atoms with Crippen molar-refractivity contribution in [2.75, 3.05) is 28.3 Å². The summed E-state index contributed by atoms with van der Waals surface area (Å²) in [7, 11) is 6.81. The van der Waals surface area contributed by atoms with Gasteiger partial charge in [0.15, 0.2) is 23.9 Å². The number of ketones is 1. The largest absolute Gasteiger partial charge is 0.458 e. The van der Waals surface area contributed by atoms with Gasteiger partial charge in [0.05, 0.1) is 59.0 Å². The Labute approximate surface area is 401 Å². The fraction of sp³-hybridized carbons (Fsp3) is 0.740. The predicted molar refractivity (Wildman–Crippen MR) is 249 cm³/mol. The molecule has 1 aromatic carbocycles. The van der Waals surface area contributed by atoms with Crippen molar-refractivity contribution in [2.45, 2.75) is 186 Å². The minimum Gasteiger partial charge on any atom is -0.458 e. The number of rotatable bonds is 11. The number of aromatic nitrogens is 1.